The Kier molecular flexibility index (Phi) is 6.26. The van der Waals surface area contributed by atoms with Crippen LogP contribution >= 0.6 is 0 Å². The zero-order valence-corrected chi connectivity index (χ0v) is 10.5. The Morgan fingerprint density at radius 1 is 1.20 bits per heavy atom. The van der Waals surface area contributed by atoms with Crippen molar-refractivity contribution in [2.45, 2.75) is 57.9 Å². The number of rotatable bonds is 5. The van der Waals surface area contributed by atoms with Gasteiger partial charge in [0.25, 0.3) is 0 Å². The smallest absolute Gasteiger partial charge is 0.00923 e. The Bertz CT molecular complexity index is 147. The fourth-order valence-electron chi connectivity index (χ4n) is 2.63. The van der Waals surface area contributed by atoms with Gasteiger partial charge in [0.05, 0.1) is 0 Å². The van der Waals surface area contributed by atoms with E-state index in [-0.39, 0.29) is 0 Å². The van der Waals surface area contributed by atoms with Crippen molar-refractivity contribution in [2.75, 3.05) is 20.1 Å². The summed E-state index contributed by atoms with van der Waals surface area (Å²) >= 11 is 0. The molecule has 1 rings (SSSR count). The molecule has 0 spiro atoms. The molecule has 1 fully saturated rings. The van der Waals surface area contributed by atoms with E-state index in [1.54, 1.807) is 0 Å². The summed E-state index contributed by atoms with van der Waals surface area (Å²) in [5.41, 5.74) is 5.77. The van der Waals surface area contributed by atoms with E-state index in [0.717, 1.165) is 12.6 Å². The lowest BCUT2D eigenvalue weighted by Crippen LogP contribution is -2.37. The standard InChI is InChI=1S/C13H28N2/c1-3-12(10-14)11-15(2)13-8-6-4-5-7-9-13/h12-13H,3-11,14H2,1-2H3. The predicted octanol–water partition coefficient (Wildman–Crippen LogP) is 2.63. The van der Waals surface area contributed by atoms with E-state index in [4.69, 9.17) is 5.73 Å². The van der Waals surface area contributed by atoms with Gasteiger partial charge in [-0.25, -0.2) is 0 Å². The molecule has 90 valence electrons. The highest BCUT2D eigenvalue weighted by molar-refractivity contribution is 4.74. The van der Waals surface area contributed by atoms with Crippen molar-refractivity contribution >= 4 is 0 Å². The van der Waals surface area contributed by atoms with Gasteiger partial charge in [-0.1, -0.05) is 39.0 Å². The van der Waals surface area contributed by atoms with E-state index in [1.807, 2.05) is 0 Å². The first-order valence-electron chi connectivity index (χ1n) is 6.68. The van der Waals surface area contributed by atoms with Crippen LogP contribution in [0.4, 0.5) is 0 Å². The Morgan fingerprint density at radius 2 is 1.80 bits per heavy atom. The van der Waals surface area contributed by atoms with Crippen molar-refractivity contribution in [1.29, 1.82) is 0 Å². The minimum atomic E-state index is 0.693. The topological polar surface area (TPSA) is 29.3 Å². The molecule has 0 aromatic rings. The fourth-order valence-corrected chi connectivity index (χ4v) is 2.63. The molecule has 1 atom stereocenters. The zero-order chi connectivity index (χ0) is 11.1. The molecule has 0 bridgehead atoms. The van der Waals surface area contributed by atoms with E-state index in [1.165, 1.54) is 51.5 Å². The maximum absolute atomic E-state index is 5.77. The number of hydrogen-bond donors (Lipinski definition) is 1. The largest absolute Gasteiger partial charge is 0.330 e. The van der Waals surface area contributed by atoms with Gasteiger partial charge >= 0.3 is 0 Å². The summed E-state index contributed by atoms with van der Waals surface area (Å²) in [5, 5.41) is 0. The minimum Gasteiger partial charge on any atom is -0.330 e. The Balaban J connectivity index is 2.33. The molecule has 2 nitrogen and oxygen atoms in total. The molecule has 2 N–H and O–H groups in total. The summed E-state index contributed by atoms with van der Waals surface area (Å²) in [4.78, 5) is 2.56. The summed E-state index contributed by atoms with van der Waals surface area (Å²) in [6.07, 6.45) is 9.75. The normalized spacial score (nSPS) is 21.6. The molecule has 2 heteroatoms. The Morgan fingerprint density at radius 3 is 2.27 bits per heavy atom. The third kappa shape index (κ3) is 4.52. The fraction of sp³-hybridized carbons (Fsp3) is 1.00. The lowest BCUT2D eigenvalue weighted by molar-refractivity contribution is 0.188. The zero-order valence-electron chi connectivity index (χ0n) is 10.5. The van der Waals surface area contributed by atoms with Crippen LogP contribution in [0.1, 0.15) is 51.9 Å². The SMILES string of the molecule is CCC(CN)CN(C)C1CCCCCC1. The highest BCUT2D eigenvalue weighted by atomic mass is 15.1. The van der Waals surface area contributed by atoms with Crippen molar-refractivity contribution in [1.82, 2.24) is 4.90 Å². The molecule has 0 heterocycles. The second-order valence-corrected chi connectivity index (χ2v) is 5.09. The van der Waals surface area contributed by atoms with Crippen LogP contribution in [0, 0.1) is 5.92 Å². The molecule has 0 saturated heterocycles. The minimum absolute atomic E-state index is 0.693. The molecule has 0 radical (unpaired) electrons. The van der Waals surface area contributed by atoms with E-state index in [0.29, 0.717) is 5.92 Å². The predicted molar refractivity (Wildman–Crippen MR) is 67.0 cm³/mol. The molecule has 1 aliphatic rings. The monoisotopic (exact) mass is 212 g/mol. The van der Waals surface area contributed by atoms with Gasteiger partial charge in [0.2, 0.25) is 0 Å². The molecule has 0 aromatic carbocycles. The average Bonchev–Trinajstić information content (AvgIpc) is 2.54. The number of nitrogens with two attached hydrogens (primary N) is 1. The second kappa shape index (κ2) is 7.24. The maximum Gasteiger partial charge on any atom is 0.00923 e. The maximum atomic E-state index is 5.77. The van der Waals surface area contributed by atoms with Crippen LogP contribution in [0.15, 0.2) is 0 Å². The third-order valence-electron chi connectivity index (χ3n) is 3.90. The van der Waals surface area contributed by atoms with Crippen molar-refractivity contribution < 1.29 is 0 Å². The van der Waals surface area contributed by atoms with Crippen LogP contribution in [-0.4, -0.2) is 31.1 Å². The number of hydrogen-bond acceptors (Lipinski definition) is 2. The van der Waals surface area contributed by atoms with Crippen LogP contribution < -0.4 is 5.73 Å². The molecular weight excluding hydrogens is 184 g/mol. The van der Waals surface area contributed by atoms with Crippen molar-refractivity contribution in [3.63, 3.8) is 0 Å². The molecular formula is C13H28N2. The van der Waals surface area contributed by atoms with Crippen LogP contribution in [0.5, 0.6) is 0 Å². The highest BCUT2D eigenvalue weighted by Crippen LogP contribution is 2.21. The van der Waals surface area contributed by atoms with Gasteiger partial charge in [-0.15, -0.1) is 0 Å². The van der Waals surface area contributed by atoms with E-state index >= 15 is 0 Å². The molecule has 15 heavy (non-hydrogen) atoms. The van der Waals surface area contributed by atoms with Gasteiger partial charge in [-0.3, -0.25) is 0 Å². The first-order valence-corrected chi connectivity index (χ1v) is 6.68. The van der Waals surface area contributed by atoms with Gasteiger partial charge < -0.3 is 10.6 Å². The van der Waals surface area contributed by atoms with Gasteiger partial charge in [-0.2, -0.15) is 0 Å². The second-order valence-electron chi connectivity index (χ2n) is 5.09. The van der Waals surface area contributed by atoms with Gasteiger partial charge in [-0.05, 0) is 32.4 Å². The summed E-state index contributed by atoms with van der Waals surface area (Å²) in [7, 11) is 2.29. The van der Waals surface area contributed by atoms with Crippen LogP contribution in [0.2, 0.25) is 0 Å². The average molecular weight is 212 g/mol. The third-order valence-corrected chi connectivity index (χ3v) is 3.90. The quantitative estimate of drug-likeness (QED) is 0.710. The van der Waals surface area contributed by atoms with Crippen LogP contribution in [-0.2, 0) is 0 Å². The van der Waals surface area contributed by atoms with E-state index in [2.05, 4.69) is 18.9 Å². The first kappa shape index (κ1) is 13.0. The molecule has 0 amide bonds. The molecule has 1 aliphatic carbocycles. The van der Waals surface area contributed by atoms with Crippen molar-refractivity contribution in [3.05, 3.63) is 0 Å². The summed E-state index contributed by atoms with van der Waals surface area (Å²) in [5.74, 6) is 0.693. The van der Waals surface area contributed by atoms with Gasteiger partial charge in [0.1, 0.15) is 0 Å². The first-order chi connectivity index (χ1) is 7.27. The summed E-state index contributed by atoms with van der Waals surface area (Å²) < 4.78 is 0. The Labute approximate surface area is 95.2 Å². The number of nitrogens with zero attached hydrogens (tertiary/aromatic N) is 1. The molecule has 1 saturated carbocycles. The molecule has 0 aromatic heterocycles. The van der Waals surface area contributed by atoms with Gasteiger partial charge in [0.15, 0.2) is 0 Å². The lowest BCUT2D eigenvalue weighted by atomic mass is 10.0. The van der Waals surface area contributed by atoms with Gasteiger partial charge in [0, 0.05) is 12.6 Å². The Hall–Kier alpha value is -0.0800. The molecule has 1 unspecified atom stereocenters. The summed E-state index contributed by atoms with van der Waals surface area (Å²) in [6.45, 7) is 4.28. The molecule has 0 aliphatic heterocycles. The van der Waals surface area contributed by atoms with Crippen molar-refractivity contribution in [3.8, 4) is 0 Å². The van der Waals surface area contributed by atoms with E-state index in [9.17, 15) is 0 Å². The van der Waals surface area contributed by atoms with Crippen molar-refractivity contribution in [2.24, 2.45) is 11.7 Å². The van der Waals surface area contributed by atoms with E-state index < -0.39 is 0 Å². The lowest BCUT2D eigenvalue weighted by Gasteiger charge is -2.30. The highest BCUT2D eigenvalue weighted by Gasteiger charge is 2.18. The summed E-state index contributed by atoms with van der Waals surface area (Å²) in [6, 6.07) is 0.827. The van der Waals surface area contributed by atoms with Crippen LogP contribution in [0.3, 0.4) is 0 Å². The van der Waals surface area contributed by atoms with Crippen LogP contribution in [0.25, 0.3) is 0 Å².